The Bertz CT molecular complexity index is 1130. The molecule has 5 nitrogen and oxygen atoms in total. The Kier molecular flexibility index (Phi) is 4.79. The third kappa shape index (κ3) is 3.76. The average Bonchev–Trinajstić information content (AvgIpc) is 2.64. The Hall–Kier alpha value is -3.31. The van der Waals surface area contributed by atoms with Crippen LogP contribution in [0.5, 0.6) is 11.5 Å². The van der Waals surface area contributed by atoms with Gasteiger partial charge in [0, 0.05) is 22.8 Å². The molecule has 0 bridgehead atoms. The Labute approximate surface area is 175 Å². The van der Waals surface area contributed by atoms with E-state index in [0.29, 0.717) is 17.1 Å². The number of carbonyl (C=O) groups excluding carboxylic acids is 1. The number of benzene rings is 2. The molecule has 0 saturated carbocycles. The molecule has 30 heavy (non-hydrogen) atoms. The summed E-state index contributed by atoms with van der Waals surface area (Å²) in [6, 6.07) is 10.5. The molecule has 2 N–H and O–H groups in total. The average molecular weight is 404 g/mol. The van der Waals surface area contributed by atoms with E-state index in [9.17, 15) is 15.0 Å². The Balaban J connectivity index is 1.85. The van der Waals surface area contributed by atoms with Crippen LogP contribution >= 0.6 is 0 Å². The summed E-state index contributed by atoms with van der Waals surface area (Å²) in [5.74, 6) is 0.779. The fraction of sp³-hybridized carbons (Fsp3) is 0.240. The number of carbonyl (C=O) groups is 1. The highest BCUT2D eigenvalue weighted by Crippen LogP contribution is 2.45. The first kappa shape index (κ1) is 20.0. The number of phenolic OH excluding ortho intramolecular Hbond substituents is 1. The number of rotatable bonds is 2. The first-order valence-corrected chi connectivity index (χ1v) is 9.81. The number of esters is 1. The predicted molar refractivity (Wildman–Crippen MR) is 114 cm³/mol. The van der Waals surface area contributed by atoms with Gasteiger partial charge in [0.1, 0.15) is 22.9 Å². The lowest BCUT2D eigenvalue weighted by atomic mass is 9.85. The van der Waals surface area contributed by atoms with Crippen LogP contribution in [0.1, 0.15) is 47.8 Å². The van der Waals surface area contributed by atoms with Crippen LogP contribution in [-0.4, -0.2) is 27.9 Å². The zero-order chi connectivity index (χ0) is 21.6. The maximum Gasteiger partial charge on any atom is 0.338 e. The van der Waals surface area contributed by atoms with Gasteiger partial charge in [0.25, 0.3) is 0 Å². The van der Waals surface area contributed by atoms with Crippen molar-refractivity contribution < 1.29 is 24.5 Å². The van der Waals surface area contributed by atoms with Crippen molar-refractivity contribution in [2.75, 3.05) is 0 Å². The second-order valence-electron chi connectivity index (χ2n) is 8.48. The largest absolute Gasteiger partial charge is 0.508 e. The van der Waals surface area contributed by atoms with E-state index in [1.165, 1.54) is 0 Å². The molecule has 0 saturated heterocycles. The number of phenols is 1. The molecule has 2 aromatic rings. The van der Waals surface area contributed by atoms with E-state index < -0.39 is 11.7 Å². The fourth-order valence-electron chi connectivity index (χ4n) is 3.64. The van der Waals surface area contributed by atoms with Crippen molar-refractivity contribution in [3.05, 3.63) is 88.2 Å². The third-order valence-electron chi connectivity index (χ3n) is 4.90. The van der Waals surface area contributed by atoms with Crippen LogP contribution in [0.2, 0.25) is 0 Å². The van der Waals surface area contributed by atoms with E-state index in [-0.39, 0.29) is 11.7 Å². The lowest BCUT2D eigenvalue weighted by molar-refractivity contribution is 0.00694. The molecule has 0 aromatic heterocycles. The molecule has 0 amide bonds. The number of aromatic hydroxyl groups is 1. The van der Waals surface area contributed by atoms with Crippen LogP contribution < -0.4 is 4.74 Å². The topological polar surface area (TPSA) is 76.0 Å². The molecule has 154 valence electrons. The van der Waals surface area contributed by atoms with Crippen molar-refractivity contribution in [3.8, 4) is 11.5 Å². The molecule has 1 aliphatic heterocycles. The number of aryl methyl sites for hydroxylation is 1. The highest BCUT2D eigenvalue weighted by Gasteiger charge is 2.28. The van der Waals surface area contributed by atoms with Crippen LogP contribution in [0.25, 0.3) is 5.57 Å². The standard InChI is InChI=1S/C25H24O5/c1-14-11-15(24(28)30-25(2,3)4)5-8-18(14)23-19-9-6-16(26)12-21(19)29-22-13-17(27)7-10-20(22)23/h5-13,16,26-27H,1-4H3. The predicted octanol–water partition coefficient (Wildman–Crippen LogP) is 4.66. The lowest BCUT2D eigenvalue weighted by Gasteiger charge is -2.28. The van der Waals surface area contributed by atoms with E-state index in [2.05, 4.69) is 0 Å². The van der Waals surface area contributed by atoms with Crippen molar-refractivity contribution in [1.29, 1.82) is 0 Å². The van der Waals surface area contributed by atoms with Gasteiger partial charge in [-0.2, -0.15) is 0 Å². The first-order valence-electron chi connectivity index (χ1n) is 9.81. The minimum Gasteiger partial charge on any atom is -0.508 e. The van der Waals surface area contributed by atoms with Gasteiger partial charge in [-0.25, -0.2) is 4.79 Å². The van der Waals surface area contributed by atoms with Gasteiger partial charge >= 0.3 is 5.97 Å². The molecule has 0 fully saturated rings. The normalized spacial score (nSPS) is 17.6. The zero-order valence-electron chi connectivity index (χ0n) is 17.4. The van der Waals surface area contributed by atoms with Crippen molar-refractivity contribution in [2.45, 2.75) is 39.4 Å². The van der Waals surface area contributed by atoms with Crippen molar-refractivity contribution >= 4 is 11.5 Å². The second-order valence-corrected chi connectivity index (χ2v) is 8.48. The number of hydrogen-bond donors (Lipinski definition) is 2. The molecular formula is C25H24O5. The molecule has 5 heteroatoms. The summed E-state index contributed by atoms with van der Waals surface area (Å²) in [5.41, 5.74) is 4.34. The van der Waals surface area contributed by atoms with E-state index >= 15 is 0 Å². The highest BCUT2D eigenvalue weighted by molar-refractivity contribution is 5.94. The van der Waals surface area contributed by atoms with Crippen LogP contribution in [0.4, 0.5) is 0 Å². The lowest BCUT2D eigenvalue weighted by Crippen LogP contribution is -2.24. The number of allylic oxidation sites excluding steroid dienone is 1. The third-order valence-corrected chi connectivity index (χ3v) is 4.90. The zero-order valence-corrected chi connectivity index (χ0v) is 17.4. The van der Waals surface area contributed by atoms with Gasteiger partial charge in [-0.1, -0.05) is 18.2 Å². The number of ether oxygens (including phenoxy) is 2. The minimum atomic E-state index is -0.737. The van der Waals surface area contributed by atoms with E-state index in [0.717, 1.165) is 27.8 Å². The summed E-state index contributed by atoms with van der Waals surface area (Å²) in [4.78, 5) is 12.5. The van der Waals surface area contributed by atoms with Gasteiger partial charge in [0.05, 0.1) is 11.7 Å². The van der Waals surface area contributed by atoms with Crippen molar-refractivity contribution in [2.24, 2.45) is 0 Å². The van der Waals surface area contributed by atoms with Crippen molar-refractivity contribution in [3.63, 3.8) is 0 Å². The number of aliphatic hydroxyl groups is 1. The van der Waals surface area contributed by atoms with Gasteiger partial charge in [-0.05, 0) is 69.2 Å². The number of aliphatic hydroxyl groups excluding tert-OH is 1. The van der Waals surface area contributed by atoms with Crippen LogP contribution in [0.15, 0.2) is 66.0 Å². The van der Waals surface area contributed by atoms with E-state index in [4.69, 9.17) is 9.47 Å². The molecule has 0 spiro atoms. The summed E-state index contributed by atoms with van der Waals surface area (Å²) in [6.07, 6.45) is 4.43. The Morgan fingerprint density at radius 2 is 1.83 bits per heavy atom. The van der Waals surface area contributed by atoms with Crippen molar-refractivity contribution in [1.82, 2.24) is 0 Å². The van der Waals surface area contributed by atoms with Gasteiger partial charge < -0.3 is 19.7 Å². The maximum absolute atomic E-state index is 12.5. The van der Waals surface area contributed by atoms with Gasteiger partial charge in [0.2, 0.25) is 0 Å². The van der Waals surface area contributed by atoms with Crippen LogP contribution in [0, 0.1) is 6.92 Å². The monoisotopic (exact) mass is 404 g/mol. The van der Waals surface area contributed by atoms with E-state index in [1.807, 2.05) is 52.0 Å². The van der Waals surface area contributed by atoms with E-state index in [1.54, 1.807) is 30.4 Å². The summed E-state index contributed by atoms with van der Waals surface area (Å²) < 4.78 is 11.4. The molecule has 0 radical (unpaired) electrons. The Morgan fingerprint density at radius 3 is 2.53 bits per heavy atom. The molecule has 1 atom stereocenters. The first-order chi connectivity index (χ1) is 14.1. The summed E-state index contributed by atoms with van der Waals surface area (Å²) in [5, 5.41) is 19.9. The van der Waals surface area contributed by atoms with Gasteiger partial charge in [0.15, 0.2) is 0 Å². The summed E-state index contributed by atoms with van der Waals surface area (Å²) in [7, 11) is 0. The Morgan fingerprint density at radius 1 is 1.10 bits per heavy atom. The minimum absolute atomic E-state index is 0.0982. The number of fused-ring (bicyclic) bond motifs is 2. The SMILES string of the molecule is Cc1cc(C(=O)OC(C)(C)C)ccc1C1=C2C=CC(O)C=C2Oc2cc(O)ccc21. The van der Waals surface area contributed by atoms with Gasteiger partial charge in [-0.15, -0.1) is 0 Å². The number of hydrogen-bond acceptors (Lipinski definition) is 5. The molecule has 1 heterocycles. The molecule has 1 unspecified atom stereocenters. The summed E-state index contributed by atoms with van der Waals surface area (Å²) in [6.45, 7) is 7.46. The molecule has 2 aliphatic rings. The van der Waals surface area contributed by atoms with Gasteiger partial charge in [-0.3, -0.25) is 0 Å². The maximum atomic E-state index is 12.5. The smallest absolute Gasteiger partial charge is 0.338 e. The van der Waals surface area contributed by atoms with Crippen LogP contribution in [-0.2, 0) is 4.74 Å². The fourth-order valence-corrected chi connectivity index (χ4v) is 3.64. The summed E-state index contributed by atoms with van der Waals surface area (Å²) >= 11 is 0. The highest BCUT2D eigenvalue weighted by atomic mass is 16.6. The second kappa shape index (κ2) is 7.18. The molecule has 2 aromatic carbocycles. The quantitative estimate of drug-likeness (QED) is 0.712. The van der Waals surface area contributed by atoms with Crippen LogP contribution in [0.3, 0.4) is 0 Å². The molecule has 1 aliphatic carbocycles. The molecular weight excluding hydrogens is 380 g/mol. The molecule has 4 rings (SSSR count).